The van der Waals surface area contributed by atoms with Gasteiger partial charge in [0.2, 0.25) is 5.91 Å². The minimum Gasteiger partial charge on any atom is -0.380 e. The molecule has 116 valence electrons. The molecule has 1 aliphatic rings. The second-order valence-corrected chi connectivity index (χ2v) is 6.01. The van der Waals surface area contributed by atoms with Gasteiger partial charge in [0.1, 0.15) is 6.04 Å². The van der Waals surface area contributed by atoms with Gasteiger partial charge >= 0.3 is 0 Å². The summed E-state index contributed by atoms with van der Waals surface area (Å²) in [4.78, 5) is 14.4. The fraction of sp³-hybridized carbons (Fsp3) is 0.588. The molecule has 2 rings (SSSR count). The number of hydrogen-bond donors (Lipinski definition) is 1. The van der Waals surface area contributed by atoms with Gasteiger partial charge in [0, 0.05) is 13.2 Å². The van der Waals surface area contributed by atoms with Gasteiger partial charge in [-0.15, -0.1) is 0 Å². The highest BCUT2D eigenvalue weighted by atomic mass is 16.5. The van der Waals surface area contributed by atoms with Gasteiger partial charge in [-0.1, -0.05) is 44.2 Å². The molecule has 2 atom stereocenters. The van der Waals surface area contributed by atoms with Crippen LogP contribution in [0.4, 0.5) is 0 Å². The summed E-state index contributed by atoms with van der Waals surface area (Å²) in [7, 11) is 0. The number of amides is 1. The topological polar surface area (TPSA) is 41.6 Å². The third kappa shape index (κ3) is 4.29. The van der Waals surface area contributed by atoms with Gasteiger partial charge in [-0.25, -0.2) is 0 Å². The predicted octanol–water partition coefficient (Wildman–Crippen LogP) is 2.57. The summed E-state index contributed by atoms with van der Waals surface area (Å²) in [5.74, 6) is 0.794. The van der Waals surface area contributed by atoms with E-state index in [0.29, 0.717) is 19.1 Å². The van der Waals surface area contributed by atoms with Crippen LogP contribution in [0, 0.1) is 5.92 Å². The number of nitrogens with zero attached hydrogens (tertiary/aromatic N) is 1. The third-order valence-corrected chi connectivity index (χ3v) is 3.85. The first-order valence-corrected chi connectivity index (χ1v) is 7.79. The Balaban J connectivity index is 1.83. The average molecular weight is 290 g/mol. The van der Waals surface area contributed by atoms with Gasteiger partial charge in [-0.3, -0.25) is 10.1 Å². The number of nitrogens with one attached hydrogen (secondary N) is 1. The molecule has 1 aliphatic heterocycles. The van der Waals surface area contributed by atoms with Crippen molar-refractivity contribution in [2.75, 3.05) is 19.8 Å². The van der Waals surface area contributed by atoms with E-state index in [-0.39, 0.29) is 18.1 Å². The molecule has 4 nitrogen and oxygen atoms in total. The van der Waals surface area contributed by atoms with Crippen molar-refractivity contribution >= 4 is 5.91 Å². The number of hydrogen-bond acceptors (Lipinski definition) is 3. The molecule has 0 saturated carbocycles. The normalized spacial score (nSPS) is 22.3. The summed E-state index contributed by atoms with van der Waals surface area (Å²) >= 11 is 0. The maximum atomic E-state index is 12.5. The van der Waals surface area contributed by atoms with Gasteiger partial charge in [-0.05, 0) is 24.8 Å². The van der Waals surface area contributed by atoms with Crippen LogP contribution in [0.25, 0.3) is 0 Å². The molecule has 1 saturated heterocycles. The third-order valence-electron chi connectivity index (χ3n) is 3.85. The summed E-state index contributed by atoms with van der Waals surface area (Å²) in [5, 5.41) is 3.35. The molecule has 1 aromatic rings. The molecule has 4 heteroatoms. The van der Waals surface area contributed by atoms with Crippen LogP contribution in [0.1, 0.15) is 38.8 Å². The smallest absolute Gasteiger partial charge is 0.245 e. The van der Waals surface area contributed by atoms with Crippen molar-refractivity contribution in [3.63, 3.8) is 0 Å². The quantitative estimate of drug-likeness (QED) is 0.785. The number of benzene rings is 1. The van der Waals surface area contributed by atoms with Crippen LogP contribution in [0.2, 0.25) is 0 Å². The number of ether oxygens (including phenoxy) is 1. The van der Waals surface area contributed by atoms with E-state index >= 15 is 0 Å². The average Bonchev–Trinajstić information content (AvgIpc) is 2.75. The Morgan fingerprint density at radius 2 is 1.95 bits per heavy atom. The Hall–Kier alpha value is -1.39. The van der Waals surface area contributed by atoms with Crippen molar-refractivity contribution in [2.45, 2.75) is 39.4 Å². The van der Waals surface area contributed by atoms with E-state index in [0.717, 1.165) is 18.6 Å². The second-order valence-electron chi connectivity index (χ2n) is 6.01. The highest BCUT2D eigenvalue weighted by molar-refractivity contribution is 5.85. The molecule has 0 radical (unpaired) electrons. The van der Waals surface area contributed by atoms with Crippen LogP contribution in [-0.2, 0) is 9.53 Å². The molecule has 0 spiro atoms. The summed E-state index contributed by atoms with van der Waals surface area (Å²) in [6.45, 7) is 8.41. The first kappa shape index (κ1) is 16.0. The van der Waals surface area contributed by atoms with Crippen molar-refractivity contribution in [1.29, 1.82) is 0 Å². The lowest BCUT2D eigenvalue weighted by atomic mass is 10.1. The van der Waals surface area contributed by atoms with Crippen LogP contribution in [0.3, 0.4) is 0 Å². The monoisotopic (exact) mass is 290 g/mol. The number of carbonyl (C=O) groups excluding carboxylic acids is 1. The lowest BCUT2D eigenvalue weighted by Crippen LogP contribution is -2.37. The molecule has 0 aliphatic carbocycles. The molecular weight excluding hydrogens is 264 g/mol. The predicted molar refractivity (Wildman–Crippen MR) is 83.8 cm³/mol. The van der Waals surface area contributed by atoms with Crippen LogP contribution in [0.15, 0.2) is 30.3 Å². The fourth-order valence-electron chi connectivity index (χ4n) is 2.53. The molecule has 1 heterocycles. The van der Waals surface area contributed by atoms with Gasteiger partial charge in [-0.2, -0.15) is 0 Å². The van der Waals surface area contributed by atoms with E-state index in [9.17, 15) is 4.79 Å². The second kappa shape index (κ2) is 7.57. The van der Waals surface area contributed by atoms with E-state index in [1.807, 2.05) is 42.2 Å². The van der Waals surface area contributed by atoms with E-state index in [2.05, 4.69) is 19.2 Å². The Morgan fingerprint density at radius 1 is 1.24 bits per heavy atom. The number of rotatable bonds is 7. The SMILES string of the molecule is CC(C)CCOCCN1C(=O)C(c2ccccc2)NC1C. The van der Waals surface area contributed by atoms with Crippen molar-refractivity contribution in [1.82, 2.24) is 10.2 Å². The van der Waals surface area contributed by atoms with Crippen molar-refractivity contribution in [3.8, 4) is 0 Å². The Bertz CT molecular complexity index is 447. The largest absolute Gasteiger partial charge is 0.380 e. The zero-order valence-corrected chi connectivity index (χ0v) is 13.2. The summed E-state index contributed by atoms with van der Waals surface area (Å²) in [6, 6.07) is 9.65. The summed E-state index contributed by atoms with van der Waals surface area (Å²) in [6.07, 6.45) is 1.12. The van der Waals surface area contributed by atoms with Gasteiger partial charge in [0.25, 0.3) is 0 Å². The standard InChI is InChI=1S/C17H26N2O2/c1-13(2)9-11-21-12-10-19-14(3)18-16(17(19)20)15-7-5-4-6-8-15/h4-8,13-14,16,18H,9-12H2,1-3H3. The zero-order chi connectivity index (χ0) is 15.2. The summed E-state index contributed by atoms with van der Waals surface area (Å²) < 4.78 is 5.62. The fourth-order valence-corrected chi connectivity index (χ4v) is 2.53. The van der Waals surface area contributed by atoms with Gasteiger partial charge in [0.05, 0.1) is 12.8 Å². The highest BCUT2D eigenvalue weighted by Crippen LogP contribution is 2.23. The van der Waals surface area contributed by atoms with Gasteiger partial charge < -0.3 is 9.64 Å². The number of carbonyl (C=O) groups is 1. The first-order valence-electron chi connectivity index (χ1n) is 7.79. The maximum absolute atomic E-state index is 12.5. The van der Waals surface area contributed by atoms with E-state index < -0.39 is 0 Å². The molecule has 0 aromatic heterocycles. The molecule has 0 bridgehead atoms. The van der Waals surface area contributed by atoms with E-state index in [4.69, 9.17) is 4.74 Å². The summed E-state index contributed by atoms with van der Waals surface area (Å²) in [5.41, 5.74) is 1.03. The first-order chi connectivity index (χ1) is 10.1. The lowest BCUT2D eigenvalue weighted by Gasteiger charge is -2.20. The Labute approximate surface area is 127 Å². The molecule has 1 aromatic carbocycles. The van der Waals surface area contributed by atoms with Crippen LogP contribution in [-0.4, -0.2) is 36.7 Å². The molecule has 2 unspecified atom stereocenters. The molecule has 1 amide bonds. The van der Waals surface area contributed by atoms with Crippen LogP contribution >= 0.6 is 0 Å². The van der Waals surface area contributed by atoms with Crippen molar-refractivity contribution < 1.29 is 9.53 Å². The lowest BCUT2D eigenvalue weighted by molar-refractivity contribution is -0.130. The van der Waals surface area contributed by atoms with Crippen LogP contribution in [0.5, 0.6) is 0 Å². The van der Waals surface area contributed by atoms with Crippen molar-refractivity contribution in [3.05, 3.63) is 35.9 Å². The highest BCUT2D eigenvalue weighted by Gasteiger charge is 2.36. The van der Waals surface area contributed by atoms with Crippen molar-refractivity contribution in [2.24, 2.45) is 5.92 Å². The molecule has 1 N–H and O–H groups in total. The zero-order valence-electron chi connectivity index (χ0n) is 13.2. The Kier molecular flexibility index (Phi) is 5.76. The van der Waals surface area contributed by atoms with E-state index in [1.165, 1.54) is 0 Å². The molecule has 21 heavy (non-hydrogen) atoms. The maximum Gasteiger partial charge on any atom is 0.245 e. The minimum absolute atomic E-state index is 0.0522. The van der Waals surface area contributed by atoms with Crippen LogP contribution < -0.4 is 5.32 Å². The molecule has 1 fully saturated rings. The van der Waals surface area contributed by atoms with Gasteiger partial charge in [0.15, 0.2) is 0 Å². The minimum atomic E-state index is -0.225. The molecular formula is C17H26N2O2. The van der Waals surface area contributed by atoms with E-state index in [1.54, 1.807) is 0 Å². The Morgan fingerprint density at radius 3 is 2.62 bits per heavy atom.